The summed E-state index contributed by atoms with van der Waals surface area (Å²) < 4.78 is 18.1. The molecule has 3 aromatic carbocycles. The monoisotopic (exact) mass is 601 g/mol. The minimum Gasteiger partial charge on any atom is -0.467 e. The van der Waals surface area contributed by atoms with Gasteiger partial charge in [0.15, 0.2) is 6.29 Å². The molecular formula is C35H43N3O6. The third-order valence-electron chi connectivity index (χ3n) is 8.52. The zero-order valence-electron chi connectivity index (χ0n) is 25.5. The number of carbonyl (C=O) groups excluding carboxylic acids is 2. The van der Waals surface area contributed by atoms with Crippen LogP contribution in [0.15, 0.2) is 78.9 Å². The van der Waals surface area contributed by atoms with E-state index < -0.39 is 24.3 Å². The van der Waals surface area contributed by atoms with Crippen LogP contribution in [0.25, 0.3) is 0 Å². The van der Waals surface area contributed by atoms with E-state index in [9.17, 15) is 14.7 Å². The van der Waals surface area contributed by atoms with Crippen LogP contribution in [0.5, 0.6) is 0 Å². The quantitative estimate of drug-likeness (QED) is 0.269. The van der Waals surface area contributed by atoms with Crippen LogP contribution in [0.2, 0.25) is 0 Å². The van der Waals surface area contributed by atoms with Gasteiger partial charge in [0.25, 0.3) is 0 Å². The minimum atomic E-state index is -0.826. The fourth-order valence-corrected chi connectivity index (χ4v) is 5.96. The first-order valence-electron chi connectivity index (χ1n) is 15.5. The summed E-state index contributed by atoms with van der Waals surface area (Å²) in [7, 11) is 1.31. The lowest BCUT2D eigenvalue weighted by Crippen LogP contribution is -2.45. The van der Waals surface area contributed by atoms with E-state index in [0.717, 1.165) is 41.9 Å². The number of aliphatic hydroxyl groups excluding tert-OH is 1. The number of anilines is 1. The summed E-state index contributed by atoms with van der Waals surface area (Å²) in [4.78, 5) is 27.7. The second kappa shape index (κ2) is 15.3. The van der Waals surface area contributed by atoms with Crippen molar-refractivity contribution >= 4 is 17.7 Å². The number of hydrogen-bond donors (Lipinski definition) is 3. The molecule has 234 valence electrons. The van der Waals surface area contributed by atoms with Crippen molar-refractivity contribution in [1.82, 2.24) is 10.2 Å². The SMILES string of the molecule is COC(=O)[C@H](Cc1ccccc1)NC(=O)Nc1ccc([C@H]2O[C@@H](CN3CCCCC3)[C@@H](C)[C@@H](c3ccc(CO)cc3)O2)cc1. The van der Waals surface area contributed by atoms with Crippen LogP contribution >= 0.6 is 0 Å². The average molecular weight is 602 g/mol. The van der Waals surface area contributed by atoms with Crippen molar-refractivity contribution in [1.29, 1.82) is 0 Å². The number of aliphatic hydroxyl groups is 1. The summed E-state index contributed by atoms with van der Waals surface area (Å²) in [5.41, 5.74) is 4.24. The van der Waals surface area contributed by atoms with E-state index in [-0.39, 0.29) is 24.7 Å². The minimum absolute atomic E-state index is 0.000538. The number of rotatable bonds is 10. The van der Waals surface area contributed by atoms with Crippen molar-refractivity contribution in [2.75, 3.05) is 32.1 Å². The zero-order chi connectivity index (χ0) is 30.9. The maximum Gasteiger partial charge on any atom is 0.328 e. The molecule has 2 saturated heterocycles. The Morgan fingerprint density at radius 2 is 1.59 bits per heavy atom. The molecule has 9 nitrogen and oxygen atoms in total. The topological polar surface area (TPSA) is 109 Å². The van der Waals surface area contributed by atoms with Gasteiger partial charge in [-0.2, -0.15) is 0 Å². The van der Waals surface area contributed by atoms with Crippen LogP contribution in [0, 0.1) is 5.92 Å². The number of benzene rings is 3. The van der Waals surface area contributed by atoms with E-state index >= 15 is 0 Å². The lowest BCUT2D eigenvalue weighted by Gasteiger charge is -2.43. The Kier molecular flexibility index (Phi) is 11.0. The van der Waals surface area contributed by atoms with Crippen LogP contribution in [0.1, 0.15) is 60.8 Å². The van der Waals surface area contributed by atoms with Gasteiger partial charge in [-0.15, -0.1) is 0 Å². The first-order valence-corrected chi connectivity index (χ1v) is 15.5. The molecule has 2 amide bonds. The number of piperidine rings is 1. The van der Waals surface area contributed by atoms with Gasteiger partial charge in [-0.05, 0) is 54.8 Å². The Labute approximate surface area is 259 Å². The molecule has 5 rings (SSSR count). The third-order valence-corrected chi connectivity index (χ3v) is 8.52. The van der Waals surface area contributed by atoms with Gasteiger partial charge >= 0.3 is 12.0 Å². The molecule has 0 bridgehead atoms. The van der Waals surface area contributed by atoms with Crippen molar-refractivity contribution < 1.29 is 28.9 Å². The lowest BCUT2D eigenvalue weighted by molar-refractivity contribution is -0.276. The van der Waals surface area contributed by atoms with Gasteiger partial charge in [0.05, 0.1) is 25.9 Å². The number of nitrogens with zero attached hydrogens (tertiary/aromatic N) is 1. The summed E-state index contributed by atoms with van der Waals surface area (Å²) in [6, 6.07) is 23.4. The van der Waals surface area contributed by atoms with Crippen molar-refractivity contribution in [2.45, 2.75) is 63.8 Å². The number of carbonyl (C=O) groups is 2. The van der Waals surface area contributed by atoms with E-state index in [2.05, 4.69) is 22.5 Å². The molecule has 0 unspecified atom stereocenters. The molecule has 0 spiro atoms. The summed E-state index contributed by atoms with van der Waals surface area (Å²) in [5, 5.41) is 15.1. The smallest absolute Gasteiger partial charge is 0.328 e. The number of likely N-dealkylation sites (tertiary alicyclic amines) is 1. The van der Waals surface area contributed by atoms with Crippen molar-refractivity contribution in [3.05, 3.63) is 101 Å². The molecule has 44 heavy (non-hydrogen) atoms. The number of hydrogen-bond acceptors (Lipinski definition) is 7. The third kappa shape index (κ3) is 8.24. The second-order valence-corrected chi connectivity index (χ2v) is 11.7. The molecule has 0 saturated carbocycles. The maximum atomic E-state index is 12.8. The predicted molar refractivity (Wildman–Crippen MR) is 168 cm³/mol. The molecule has 2 aliphatic heterocycles. The molecule has 9 heteroatoms. The zero-order valence-corrected chi connectivity index (χ0v) is 25.5. The molecule has 2 fully saturated rings. The van der Waals surface area contributed by atoms with Crippen molar-refractivity contribution in [3.8, 4) is 0 Å². The van der Waals surface area contributed by atoms with Gasteiger partial charge in [0.2, 0.25) is 0 Å². The molecule has 3 aromatic rings. The largest absolute Gasteiger partial charge is 0.467 e. The number of nitrogens with one attached hydrogen (secondary N) is 2. The van der Waals surface area contributed by atoms with Crippen molar-refractivity contribution in [2.24, 2.45) is 5.92 Å². The van der Waals surface area contributed by atoms with Crippen LogP contribution in [0.4, 0.5) is 10.5 Å². The van der Waals surface area contributed by atoms with Gasteiger partial charge < -0.3 is 34.9 Å². The fraction of sp³-hybridized carbons (Fsp3) is 0.429. The lowest BCUT2D eigenvalue weighted by atomic mass is 9.89. The molecule has 3 N–H and O–H groups in total. The second-order valence-electron chi connectivity index (χ2n) is 11.7. The highest BCUT2D eigenvalue weighted by molar-refractivity contribution is 5.92. The highest BCUT2D eigenvalue weighted by Crippen LogP contribution is 2.42. The Morgan fingerprint density at radius 3 is 2.25 bits per heavy atom. The molecule has 2 aliphatic rings. The maximum absolute atomic E-state index is 12.8. The number of esters is 1. The Morgan fingerprint density at radius 1 is 0.909 bits per heavy atom. The predicted octanol–water partition coefficient (Wildman–Crippen LogP) is 5.36. The normalized spacial score (nSPS) is 23.0. The van der Waals surface area contributed by atoms with Gasteiger partial charge in [-0.1, -0.05) is 80.1 Å². The van der Waals surface area contributed by atoms with Gasteiger partial charge in [0, 0.05) is 30.1 Å². The number of urea groups is 1. The van der Waals surface area contributed by atoms with Gasteiger partial charge in [-0.25, -0.2) is 9.59 Å². The Hall–Kier alpha value is -3.76. The summed E-state index contributed by atoms with van der Waals surface area (Å²) >= 11 is 0. The molecule has 0 aliphatic carbocycles. The first-order chi connectivity index (χ1) is 21.4. The van der Waals surface area contributed by atoms with E-state index in [1.54, 1.807) is 12.1 Å². The van der Waals surface area contributed by atoms with Crippen molar-refractivity contribution in [3.63, 3.8) is 0 Å². The summed E-state index contributed by atoms with van der Waals surface area (Å²) in [6.07, 6.45) is 3.22. The highest BCUT2D eigenvalue weighted by Gasteiger charge is 2.39. The van der Waals surface area contributed by atoms with Crippen LogP contribution in [0.3, 0.4) is 0 Å². The van der Waals surface area contributed by atoms with Crippen LogP contribution in [-0.4, -0.2) is 60.9 Å². The number of amides is 2. The van der Waals surface area contributed by atoms with Crippen LogP contribution in [-0.2, 0) is 32.0 Å². The van der Waals surface area contributed by atoms with E-state index in [0.29, 0.717) is 12.1 Å². The molecule has 5 atom stereocenters. The average Bonchev–Trinajstić information content (AvgIpc) is 3.06. The number of methoxy groups -OCH3 is 1. The summed E-state index contributed by atoms with van der Waals surface area (Å²) in [6.45, 7) is 5.19. The van der Waals surface area contributed by atoms with Gasteiger partial charge in [0.1, 0.15) is 6.04 Å². The molecule has 2 heterocycles. The van der Waals surface area contributed by atoms with E-state index in [4.69, 9.17) is 14.2 Å². The Balaban J connectivity index is 1.27. The summed E-state index contributed by atoms with van der Waals surface area (Å²) in [5.74, 6) is -0.392. The van der Waals surface area contributed by atoms with Gasteiger partial charge in [-0.3, -0.25) is 0 Å². The molecular weight excluding hydrogens is 558 g/mol. The fourth-order valence-electron chi connectivity index (χ4n) is 5.96. The van der Waals surface area contributed by atoms with E-state index in [1.165, 1.54) is 26.4 Å². The first kappa shape index (κ1) is 31.7. The molecule has 0 aromatic heterocycles. The standard InChI is InChI=1S/C35H43N3O6/c1-24-31(22-38-19-7-4-8-20-38)43-34(44-32(24)27-13-11-26(23-39)12-14-27)28-15-17-29(18-16-28)36-35(41)37-30(33(40)42-2)21-25-9-5-3-6-10-25/h3,5-6,9-18,24,30-32,34,39H,4,7-8,19-23H2,1-2H3,(H2,36,37,41)/t24-,30+,31+,32+,34+/m1/s1. The highest BCUT2D eigenvalue weighted by atomic mass is 16.7. The number of ether oxygens (including phenoxy) is 3. The molecule has 0 radical (unpaired) electrons. The Bertz CT molecular complexity index is 1350. The van der Waals surface area contributed by atoms with Crippen LogP contribution < -0.4 is 10.6 Å². The van der Waals surface area contributed by atoms with E-state index in [1.807, 2.05) is 66.7 Å².